The van der Waals surface area contributed by atoms with Crippen molar-refractivity contribution in [2.45, 2.75) is 45.7 Å². The van der Waals surface area contributed by atoms with Crippen molar-refractivity contribution in [3.63, 3.8) is 0 Å². The van der Waals surface area contributed by atoms with Crippen LogP contribution in [-0.2, 0) is 17.8 Å². The molecule has 3 heteroatoms. The van der Waals surface area contributed by atoms with Gasteiger partial charge in [-0.1, -0.05) is 31.2 Å². The Balaban J connectivity index is 1.90. The fourth-order valence-electron chi connectivity index (χ4n) is 2.53. The van der Waals surface area contributed by atoms with Gasteiger partial charge in [-0.15, -0.1) is 0 Å². The molecule has 0 fully saturated rings. The van der Waals surface area contributed by atoms with Crippen LogP contribution in [-0.4, -0.2) is 24.5 Å². The molecule has 1 amide bonds. The lowest BCUT2D eigenvalue weighted by Crippen LogP contribution is -3.13. The van der Waals surface area contributed by atoms with Gasteiger partial charge in [0.05, 0.1) is 6.54 Å². The minimum Gasteiger partial charge on any atom is -0.346 e. The van der Waals surface area contributed by atoms with Crippen LogP contribution in [0.1, 0.15) is 38.3 Å². The van der Waals surface area contributed by atoms with Gasteiger partial charge in [-0.05, 0) is 25.8 Å². The molecular weight excluding hydrogens is 236 g/mol. The number of hydrogen-bond donors (Lipinski definition) is 2. The molecule has 1 aromatic carbocycles. The third kappa shape index (κ3) is 3.80. The highest BCUT2D eigenvalue weighted by Crippen LogP contribution is 2.10. The van der Waals surface area contributed by atoms with E-state index in [2.05, 4.69) is 50.4 Å². The molecule has 0 bridgehead atoms. The normalized spacial score (nSPS) is 18.8. The number of benzene rings is 1. The second kappa shape index (κ2) is 5.74. The zero-order valence-electron chi connectivity index (χ0n) is 12.3. The fraction of sp³-hybridized carbons (Fsp3) is 0.562. The van der Waals surface area contributed by atoms with Crippen molar-refractivity contribution >= 4 is 5.91 Å². The number of quaternary nitrogens is 1. The van der Waals surface area contributed by atoms with Crippen molar-refractivity contribution in [3.05, 3.63) is 35.4 Å². The van der Waals surface area contributed by atoms with E-state index in [9.17, 15) is 4.79 Å². The van der Waals surface area contributed by atoms with E-state index >= 15 is 0 Å². The summed E-state index contributed by atoms with van der Waals surface area (Å²) in [5, 5.41) is 3.12. The highest BCUT2D eigenvalue weighted by Gasteiger charge is 2.24. The summed E-state index contributed by atoms with van der Waals surface area (Å²) >= 11 is 0. The van der Waals surface area contributed by atoms with Crippen molar-refractivity contribution in [1.29, 1.82) is 0 Å². The van der Waals surface area contributed by atoms with Crippen molar-refractivity contribution < 1.29 is 9.69 Å². The second-order valence-corrected chi connectivity index (χ2v) is 6.16. The molecule has 19 heavy (non-hydrogen) atoms. The third-order valence-corrected chi connectivity index (χ3v) is 4.08. The standard InChI is InChI=1S/C16H24N2O/c1-4-16(2,3)17-15(19)12-18-10-9-13-7-5-6-8-14(13)11-18/h5-8H,4,9-12H2,1-3H3,(H,17,19)/p+1. The molecule has 0 aromatic heterocycles. The van der Waals surface area contributed by atoms with Gasteiger partial charge in [-0.2, -0.15) is 0 Å². The molecule has 1 aliphatic rings. The van der Waals surface area contributed by atoms with E-state index in [0.29, 0.717) is 6.54 Å². The molecule has 1 aromatic rings. The average molecular weight is 261 g/mol. The van der Waals surface area contributed by atoms with E-state index < -0.39 is 0 Å². The summed E-state index contributed by atoms with van der Waals surface area (Å²) in [4.78, 5) is 13.4. The first-order chi connectivity index (χ1) is 9.00. The Kier molecular flexibility index (Phi) is 4.25. The fourth-order valence-corrected chi connectivity index (χ4v) is 2.53. The van der Waals surface area contributed by atoms with E-state index in [0.717, 1.165) is 25.9 Å². The number of rotatable bonds is 4. The first-order valence-corrected chi connectivity index (χ1v) is 7.21. The minimum atomic E-state index is -0.0930. The molecule has 1 heterocycles. The molecule has 1 unspecified atom stereocenters. The molecule has 0 saturated heterocycles. The van der Waals surface area contributed by atoms with Gasteiger partial charge >= 0.3 is 0 Å². The monoisotopic (exact) mass is 261 g/mol. The number of amides is 1. The van der Waals surface area contributed by atoms with E-state index in [1.165, 1.54) is 16.0 Å². The Morgan fingerprint density at radius 2 is 2.00 bits per heavy atom. The molecule has 3 nitrogen and oxygen atoms in total. The van der Waals surface area contributed by atoms with Crippen LogP contribution in [0.25, 0.3) is 0 Å². The average Bonchev–Trinajstić information content (AvgIpc) is 2.38. The maximum Gasteiger partial charge on any atom is 0.275 e. The Hall–Kier alpha value is -1.35. The van der Waals surface area contributed by atoms with Crippen LogP contribution in [0.3, 0.4) is 0 Å². The van der Waals surface area contributed by atoms with E-state index in [4.69, 9.17) is 0 Å². The molecule has 1 atom stereocenters. The van der Waals surface area contributed by atoms with Gasteiger partial charge in [-0.25, -0.2) is 0 Å². The smallest absolute Gasteiger partial charge is 0.275 e. The topological polar surface area (TPSA) is 33.5 Å². The molecule has 0 aliphatic carbocycles. The predicted octanol–water partition coefficient (Wildman–Crippen LogP) is 0.932. The summed E-state index contributed by atoms with van der Waals surface area (Å²) in [5.74, 6) is 0.168. The van der Waals surface area contributed by atoms with Crippen LogP contribution in [0.4, 0.5) is 0 Å². The summed E-state index contributed by atoms with van der Waals surface area (Å²) in [6, 6.07) is 8.57. The van der Waals surface area contributed by atoms with Crippen LogP contribution in [0, 0.1) is 0 Å². The Bertz CT molecular complexity index is 454. The highest BCUT2D eigenvalue weighted by atomic mass is 16.2. The van der Waals surface area contributed by atoms with Gasteiger partial charge in [0.15, 0.2) is 6.54 Å². The van der Waals surface area contributed by atoms with Gasteiger partial charge in [0.1, 0.15) is 6.54 Å². The number of carbonyl (C=O) groups is 1. The van der Waals surface area contributed by atoms with Gasteiger partial charge < -0.3 is 10.2 Å². The van der Waals surface area contributed by atoms with Crippen LogP contribution in [0.15, 0.2) is 24.3 Å². The van der Waals surface area contributed by atoms with Crippen molar-refractivity contribution in [3.8, 4) is 0 Å². The number of hydrogen-bond acceptors (Lipinski definition) is 1. The van der Waals surface area contributed by atoms with Crippen LogP contribution >= 0.6 is 0 Å². The largest absolute Gasteiger partial charge is 0.346 e. The number of nitrogens with one attached hydrogen (secondary N) is 2. The first-order valence-electron chi connectivity index (χ1n) is 7.21. The van der Waals surface area contributed by atoms with Gasteiger partial charge in [0.2, 0.25) is 0 Å². The van der Waals surface area contributed by atoms with Crippen molar-refractivity contribution in [1.82, 2.24) is 5.32 Å². The highest BCUT2D eigenvalue weighted by molar-refractivity contribution is 5.77. The Morgan fingerprint density at radius 3 is 2.68 bits per heavy atom. The maximum absolute atomic E-state index is 12.1. The quantitative estimate of drug-likeness (QED) is 0.831. The van der Waals surface area contributed by atoms with Crippen LogP contribution < -0.4 is 10.2 Å². The molecule has 2 rings (SSSR count). The van der Waals surface area contributed by atoms with Crippen molar-refractivity contribution in [2.24, 2.45) is 0 Å². The third-order valence-electron chi connectivity index (χ3n) is 4.08. The lowest BCUT2D eigenvalue weighted by atomic mass is 9.99. The van der Waals surface area contributed by atoms with Crippen LogP contribution in [0.5, 0.6) is 0 Å². The number of fused-ring (bicyclic) bond motifs is 1. The summed E-state index contributed by atoms with van der Waals surface area (Å²) in [6.07, 6.45) is 2.03. The lowest BCUT2D eigenvalue weighted by Gasteiger charge is -2.28. The lowest BCUT2D eigenvalue weighted by molar-refractivity contribution is -0.908. The molecule has 0 radical (unpaired) electrons. The second-order valence-electron chi connectivity index (χ2n) is 6.16. The molecular formula is C16H25N2O+. The van der Waals surface area contributed by atoms with Crippen molar-refractivity contribution in [2.75, 3.05) is 13.1 Å². The SMILES string of the molecule is CCC(C)(C)NC(=O)C[NH+]1CCc2ccccc2C1. The van der Waals surface area contributed by atoms with Gasteiger partial charge in [0.25, 0.3) is 5.91 Å². The first kappa shape index (κ1) is 14.1. The molecule has 104 valence electrons. The summed E-state index contributed by atoms with van der Waals surface area (Å²) < 4.78 is 0. The maximum atomic E-state index is 12.1. The molecule has 0 spiro atoms. The van der Waals surface area contributed by atoms with Gasteiger partial charge in [-0.3, -0.25) is 4.79 Å². The summed E-state index contributed by atoms with van der Waals surface area (Å²) in [6.45, 7) is 8.85. The molecule has 1 aliphatic heterocycles. The molecule has 2 N–H and O–H groups in total. The molecule has 0 saturated carbocycles. The summed E-state index contributed by atoms with van der Waals surface area (Å²) in [7, 11) is 0. The van der Waals surface area contributed by atoms with E-state index in [-0.39, 0.29) is 11.4 Å². The van der Waals surface area contributed by atoms with Gasteiger partial charge in [0, 0.05) is 17.5 Å². The zero-order valence-corrected chi connectivity index (χ0v) is 12.3. The predicted molar refractivity (Wildman–Crippen MR) is 77.1 cm³/mol. The Labute approximate surface area is 116 Å². The van der Waals surface area contributed by atoms with Crippen LogP contribution in [0.2, 0.25) is 0 Å². The van der Waals surface area contributed by atoms with E-state index in [1.807, 2.05) is 0 Å². The minimum absolute atomic E-state index is 0.0930. The van der Waals surface area contributed by atoms with E-state index in [1.54, 1.807) is 0 Å². The summed E-state index contributed by atoms with van der Waals surface area (Å²) in [5.41, 5.74) is 2.75. The zero-order chi connectivity index (χ0) is 13.9. The Morgan fingerprint density at radius 1 is 1.32 bits per heavy atom. The number of carbonyl (C=O) groups excluding carboxylic acids is 1.